The number of benzene rings is 1. The Morgan fingerprint density at radius 2 is 1.81 bits per heavy atom. The molecule has 2 heterocycles. The van der Waals surface area contributed by atoms with E-state index in [-0.39, 0.29) is 12.2 Å². The van der Waals surface area contributed by atoms with Crippen molar-refractivity contribution >= 4 is 5.96 Å². The molecule has 2 unspecified atom stereocenters. The van der Waals surface area contributed by atoms with Crippen molar-refractivity contribution in [3.63, 3.8) is 0 Å². The van der Waals surface area contributed by atoms with Crippen LogP contribution in [0, 0.1) is 0 Å². The van der Waals surface area contributed by atoms with Gasteiger partial charge >= 0.3 is 0 Å². The lowest BCUT2D eigenvalue weighted by molar-refractivity contribution is -0.0817. The Labute approximate surface area is 188 Å². The molecular weight excluding hydrogens is 388 g/mol. The van der Waals surface area contributed by atoms with E-state index < -0.39 is 0 Å². The molecule has 3 fully saturated rings. The van der Waals surface area contributed by atoms with E-state index in [1.165, 1.54) is 43.2 Å². The molecule has 1 aromatic carbocycles. The van der Waals surface area contributed by atoms with Gasteiger partial charge in [-0.2, -0.15) is 0 Å². The van der Waals surface area contributed by atoms with Crippen LogP contribution in [0.2, 0.25) is 0 Å². The molecule has 0 bridgehead atoms. The second kappa shape index (κ2) is 11.3. The van der Waals surface area contributed by atoms with Crippen LogP contribution < -0.4 is 5.32 Å². The van der Waals surface area contributed by atoms with Crippen LogP contribution in [0.1, 0.15) is 56.1 Å². The van der Waals surface area contributed by atoms with Crippen LogP contribution in [-0.2, 0) is 22.6 Å². The SMILES string of the molecule is CN=C(NCc1ccccc1CN(C)C1CCCCC1)N1CCOC(C2CCCO2)C1. The highest BCUT2D eigenvalue weighted by atomic mass is 16.5. The average molecular weight is 429 g/mol. The lowest BCUT2D eigenvalue weighted by atomic mass is 9.94. The third kappa shape index (κ3) is 5.99. The standard InChI is InChI=1S/C25H40N4O2/c1-26-25(29-14-16-31-24(19-29)23-13-8-15-30-23)27-17-20-9-6-7-10-21(20)18-28(2)22-11-4-3-5-12-22/h6-7,9-10,22-24H,3-5,8,11-19H2,1-2H3,(H,26,27). The van der Waals surface area contributed by atoms with Gasteiger partial charge < -0.3 is 19.7 Å². The number of ether oxygens (including phenoxy) is 2. The van der Waals surface area contributed by atoms with Crippen LogP contribution in [0.15, 0.2) is 29.3 Å². The molecular formula is C25H40N4O2. The van der Waals surface area contributed by atoms with E-state index in [9.17, 15) is 0 Å². The summed E-state index contributed by atoms with van der Waals surface area (Å²) in [6.45, 7) is 5.12. The Balaban J connectivity index is 1.34. The topological polar surface area (TPSA) is 49.3 Å². The minimum absolute atomic E-state index is 0.145. The number of nitrogens with zero attached hydrogens (tertiary/aromatic N) is 3. The van der Waals surface area contributed by atoms with Crippen molar-refractivity contribution in [2.75, 3.05) is 40.4 Å². The zero-order valence-electron chi connectivity index (χ0n) is 19.4. The molecule has 6 nitrogen and oxygen atoms in total. The fourth-order valence-corrected chi connectivity index (χ4v) is 5.30. The van der Waals surface area contributed by atoms with Crippen molar-refractivity contribution in [2.24, 2.45) is 4.99 Å². The van der Waals surface area contributed by atoms with Crippen molar-refractivity contribution in [1.29, 1.82) is 0 Å². The number of hydrogen-bond acceptors (Lipinski definition) is 4. The van der Waals surface area contributed by atoms with E-state index in [2.05, 4.69) is 51.4 Å². The van der Waals surface area contributed by atoms with Crippen molar-refractivity contribution in [1.82, 2.24) is 15.1 Å². The fourth-order valence-electron chi connectivity index (χ4n) is 5.30. The normalized spacial score (nSPS) is 25.9. The molecule has 31 heavy (non-hydrogen) atoms. The smallest absolute Gasteiger partial charge is 0.194 e. The highest BCUT2D eigenvalue weighted by Crippen LogP contribution is 2.24. The molecule has 1 N–H and O–H groups in total. The fraction of sp³-hybridized carbons (Fsp3) is 0.720. The van der Waals surface area contributed by atoms with E-state index in [0.29, 0.717) is 0 Å². The van der Waals surface area contributed by atoms with Crippen LogP contribution in [-0.4, -0.2) is 74.4 Å². The van der Waals surface area contributed by atoms with E-state index in [1.807, 2.05) is 7.05 Å². The summed E-state index contributed by atoms with van der Waals surface area (Å²) in [7, 11) is 4.17. The quantitative estimate of drug-likeness (QED) is 0.556. The van der Waals surface area contributed by atoms with Gasteiger partial charge in [-0.15, -0.1) is 0 Å². The number of aliphatic imine (C=N–C) groups is 1. The lowest BCUT2D eigenvalue weighted by Gasteiger charge is -2.37. The lowest BCUT2D eigenvalue weighted by Crippen LogP contribution is -2.53. The first-order chi connectivity index (χ1) is 15.2. The molecule has 0 radical (unpaired) electrons. The first kappa shape index (κ1) is 22.6. The van der Waals surface area contributed by atoms with E-state index in [1.54, 1.807) is 0 Å². The van der Waals surface area contributed by atoms with Gasteiger partial charge in [-0.05, 0) is 43.9 Å². The third-order valence-electron chi connectivity index (χ3n) is 7.16. The maximum atomic E-state index is 6.02. The van der Waals surface area contributed by atoms with E-state index >= 15 is 0 Å². The maximum absolute atomic E-state index is 6.02. The highest BCUT2D eigenvalue weighted by Gasteiger charge is 2.32. The van der Waals surface area contributed by atoms with Gasteiger partial charge in [0.25, 0.3) is 0 Å². The van der Waals surface area contributed by atoms with E-state index in [4.69, 9.17) is 9.47 Å². The monoisotopic (exact) mass is 428 g/mol. The minimum atomic E-state index is 0.145. The van der Waals surface area contributed by atoms with Crippen molar-refractivity contribution in [2.45, 2.75) is 76.3 Å². The number of hydrogen-bond donors (Lipinski definition) is 1. The Bertz CT molecular complexity index is 713. The minimum Gasteiger partial charge on any atom is -0.375 e. The van der Waals surface area contributed by atoms with Gasteiger partial charge in [-0.3, -0.25) is 9.89 Å². The van der Waals surface area contributed by atoms with E-state index in [0.717, 1.165) is 64.2 Å². The molecule has 172 valence electrons. The summed E-state index contributed by atoms with van der Waals surface area (Å²) in [5.74, 6) is 0.960. The summed E-state index contributed by atoms with van der Waals surface area (Å²) in [5, 5.41) is 3.62. The Hall–Kier alpha value is -1.63. The molecule has 2 atom stereocenters. The van der Waals surface area contributed by atoms with Crippen molar-refractivity contribution in [3.05, 3.63) is 35.4 Å². The first-order valence-electron chi connectivity index (χ1n) is 12.2. The summed E-state index contributed by atoms with van der Waals surface area (Å²) in [6, 6.07) is 9.56. The van der Waals surface area contributed by atoms with Gasteiger partial charge in [-0.1, -0.05) is 43.5 Å². The van der Waals surface area contributed by atoms with Gasteiger partial charge in [0.15, 0.2) is 5.96 Å². The summed E-state index contributed by atoms with van der Waals surface area (Å²) in [6.07, 6.45) is 9.46. The van der Waals surface area contributed by atoms with Crippen LogP contribution in [0.3, 0.4) is 0 Å². The molecule has 0 amide bonds. The third-order valence-corrected chi connectivity index (χ3v) is 7.16. The summed E-state index contributed by atoms with van der Waals surface area (Å²) >= 11 is 0. The Morgan fingerprint density at radius 1 is 1.03 bits per heavy atom. The van der Waals surface area contributed by atoms with Crippen LogP contribution in [0.25, 0.3) is 0 Å². The Morgan fingerprint density at radius 3 is 2.55 bits per heavy atom. The van der Waals surface area contributed by atoms with Crippen molar-refractivity contribution < 1.29 is 9.47 Å². The van der Waals surface area contributed by atoms with Gasteiger partial charge in [0.05, 0.1) is 12.7 Å². The number of rotatable bonds is 6. The van der Waals surface area contributed by atoms with Crippen LogP contribution in [0.5, 0.6) is 0 Å². The van der Waals surface area contributed by atoms with Crippen LogP contribution in [0.4, 0.5) is 0 Å². The van der Waals surface area contributed by atoms with Crippen LogP contribution >= 0.6 is 0 Å². The first-order valence-corrected chi connectivity index (χ1v) is 12.2. The molecule has 6 heteroatoms. The molecule has 2 aliphatic heterocycles. The molecule has 0 spiro atoms. The average Bonchev–Trinajstić information content (AvgIpc) is 3.36. The van der Waals surface area contributed by atoms with Gasteiger partial charge in [0.2, 0.25) is 0 Å². The molecule has 1 aliphatic carbocycles. The molecule has 2 saturated heterocycles. The molecule has 3 aliphatic rings. The molecule has 1 saturated carbocycles. The number of guanidine groups is 1. The van der Waals surface area contributed by atoms with Gasteiger partial charge in [0, 0.05) is 45.9 Å². The number of morpholine rings is 1. The second-order valence-corrected chi connectivity index (χ2v) is 9.28. The summed E-state index contributed by atoms with van der Waals surface area (Å²) in [5.41, 5.74) is 2.77. The number of nitrogens with one attached hydrogen (secondary N) is 1. The predicted octanol–water partition coefficient (Wildman–Crippen LogP) is 3.41. The zero-order chi connectivity index (χ0) is 21.5. The molecule has 4 rings (SSSR count). The molecule has 0 aromatic heterocycles. The largest absolute Gasteiger partial charge is 0.375 e. The summed E-state index contributed by atoms with van der Waals surface area (Å²) in [4.78, 5) is 9.46. The van der Waals surface area contributed by atoms with Gasteiger partial charge in [0.1, 0.15) is 6.10 Å². The summed E-state index contributed by atoms with van der Waals surface area (Å²) < 4.78 is 11.9. The Kier molecular flexibility index (Phi) is 8.22. The molecule has 1 aromatic rings. The van der Waals surface area contributed by atoms with Crippen molar-refractivity contribution in [3.8, 4) is 0 Å². The predicted molar refractivity (Wildman–Crippen MR) is 125 cm³/mol. The highest BCUT2D eigenvalue weighted by molar-refractivity contribution is 5.80. The second-order valence-electron chi connectivity index (χ2n) is 9.28. The zero-order valence-corrected chi connectivity index (χ0v) is 19.4. The maximum Gasteiger partial charge on any atom is 0.194 e. The van der Waals surface area contributed by atoms with Gasteiger partial charge in [-0.25, -0.2) is 0 Å².